The molecule has 0 bridgehead atoms. The van der Waals surface area contributed by atoms with E-state index in [9.17, 15) is 4.79 Å². The fourth-order valence-corrected chi connectivity index (χ4v) is 1.16. The van der Waals surface area contributed by atoms with Gasteiger partial charge in [0.2, 0.25) is 6.08 Å². The maximum absolute atomic E-state index is 10.1. The molecule has 0 aliphatic heterocycles. The summed E-state index contributed by atoms with van der Waals surface area (Å²) in [6.07, 6.45) is 3.99. The van der Waals surface area contributed by atoms with Crippen LogP contribution in [0.1, 0.15) is 18.0 Å². The predicted octanol–water partition coefficient (Wildman–Crippen LogP) is 2.64. The van der Waals surface area contributed by atoms with E-state index in [2.05, 4.69) is 11.6 Å². The zero-order valence-corrected chi connectivity index (χ0v) is 7.31. The lowest BCUT2D eigenvalue weighted by atomic mass is 10.1. The lowest BCUT2D eigenvalue weighted by Crippen LogP contribution is -1.92. The first-order valence-corrected chi connectivity index (χ1v) is 4.11. The Labute approximate surface area is 77.6 Å². The van der Waals surface area contributed by atoms with E-state index in [-0.39, 0.29) is 6.04 Å². The molecule has 0 radical (unpaired) electrons. The van der Waals surface area contributed by atoms with E-state index in [0.717, 1.165) is 5.56 Å². The van der Waals surface area contributed by atoms with Crippen molar-refractivity contribution in [3.05, 3.63) is 48.6 Å². The molecule has 1 rings (SSSR count). The van der Waals surface area contributed by atoms with Crippen molar-refractivity contribution < 1.29 is 4.79 Å². The van der Waals surface area contributed by atoms with Gasteiger partial charge in [-0.3, -0.25) is 0 Å². The average molecular weight is 173 g/mol. The molecule has 0 saturated heterocycles. The summed E-state index contributed by atoms with van der Waals surface area (Å²) in [6, 6.07) is 9.52. The quantitative estimate of drug-likeness (QED) is 0.391. The summed E-state index contributed by atoms with van der Waals surface area (Å²) in [7, 11) is 0. The van der Waals surface area contributed by atoms with Crippen molar-refractivity contribution in [3.63, 3.8) is 0 Å². The summed E-state index contributed by atoms with van der Waals surface area (Å²) in [4.78, 5) is 13.8. The molecule has 0 aliphatic carbocycles. The second-order valence-electron chi connectivity index (χ2n) is 2.67. The normalized spacial score (nSPS) is 11.4. The zero-order chi connectivity index (χ0) is 9.52. The van der Waals surface area contributed by atoms with Gasteiger partial charge in [0.15, 0.2) is 0 Å². The van der Waals surface area contributed by atoms with E-state index in [1.807, 2.05) is 30.3 Å². The minimum Gasteiger partial charge on any atom is -0.211 e. The first-order valence-electron chi connectivity index (χ1n) is 4.11. The largest absolute Gasteiger partial charge is 0.235 e. The van der Waals surface area contributed by atoms with Gasteiger partial charge < -0.3 is 0 Å². The number of benzene rings is 1. The molecule has 0 spiro atoms. The molecular formula is C11H11NO. The van der Waals surface area contributed by atoms with Crippen molar-refractivity contribution in [1.29, 1.82) is 0 Å². The second kappa shape index (κ2) is 5.07. The minimum absolute atomic E-state index is 0.129. The van der Waals surface area contributed by atoms with Crippen LogP contribution in [0.2, 0.25) is 0 Å². The van der Waals surface area contributed by atoms with E-state index in [1.165, 1.54) is 0 Å². The van der Waals surface area contributed by atoms with Crippen molar-refractivity contribution in [2.45, 2.75) is 12.5 Å². The van der Waals surface area contributed by atoms with Gasteiger partial charge in [0.25, 0.3) is 0 Å². The van der Waals surface area contributed by atoms with Crippen LogP contribution in [-0.4, -0.2) is 6.08 Å². The molecule has 66 valence electrons. The highest BCUT2D eigenvalue weighted by Gasteiger charge is 2.06. The standard InChI is InChI=1S/C11H11NO/c1-2-6-11(12-9-13)10-7-4-3-5-8-10/h2-5,7-8,11H,1,6H2. The number of hydrogen-bond donors (Lipinski definition) is 0. The molecule has 0 amide bonds. The summed E-state index contributed by atoms with van der Waals surface area (Å²) >= 11 is 0. The van der Waals surface area contributed by atoms with E-state index in [4.69, 9.17) is 0 Å². The van der Waals surface area contributed by atoms with Gasteiger partial charge in [0, 0.05) is 0 Å². The molecule has 0 aliphatic rings. The summed E-state index contributed by atoms with van der Waals surface area (Å²) < 4.78 is 0. The maximum Gasteiger partial charge on any atom is 0.235 e. The molecule has 0 saturated carbocycles. The first kappa shape index (κ1) is 9.43. The van der Waals surface area contributed by atoms with Gasteiger partial charge >= 0.3 is 0 Å². The van der Waals surface area contributed by atoms with Crippen LogP contribution in [0, 0.1) is 0 Å². The molecule has 2 nitrogen and oxygen atoms in total. The molecule has 1 aromatic rings. The number of nitrogens with zero attached hydrogens (tertiary/aromatic N) is 1. The number of hydrogen-bond acceptors (Lipinski definition) is 2. The number of aliphatic imine (C=N–C) groups is 1. The van der Waals surface area contributed by atoms with Crippen LogP contribution in [0.5, 0.6) is 0 Å². The summed E-state index contributed by atoms with van der Waals surface area (Å²) in [5, 5.41) is 0. The van der Waals surface area contributed by atoms with Crippen LogP contribution in [0.4, 0.5) is 0 Å². The third-order valence-corrected chi connectivity index (χ3v) is 1.78. The topological polar surface area (TPSA) is 29.4 Å². The molecule has 1 unspecified atom stereocenters. The molecular weight excluding hydrogens is 162 g/mol. The fourth-order valence-electron chi connectivity index (χ4n) is 1.16. The van der Waals surface area contributed by atoms with E-state index < -0.39 is 0 Å². The highest BCUT2D eigenvalue weighted by atomic mass is 16.1. The van der Waals surface area contributed by atoms with E-state index in [1.54, 1.807) is 12.2 Å². The van der Waals surface area contributed by atoms with Gasteiger partial charge in [-0.15, -0.1) is 6.58 Å². The highest BCUT2D eigenvalue weighted by Crippen LogP contribution is 2.20. The molecule has 1 aromatic carbocycles. The van der Waals surface area contributed by atoms with Gasteiger partial charge in [-0.25, -0.2) is 4.79 Å². The zero-order valence-electron chi connectivity index (χ0n) is 7.31. The lowest BCUT2D eigenvalue weighted by molar-refractivity contribution is 0.557. The van der Waals surface area contributed by atoms with Gasteiger partial charge in [-0.2, -0.15) is 4.99 Å². The Hall–Kier alpha value is -1.66. The van der Waals surface area contributed by atoms with Crippen LogP contribution in [0.15, 0.2) is 48.0 Å². The molecule has 0 aromatic heterocycles. The number of carbonyl (C=O) groups excluding carboxylic acids is 1. The maximum atomic E-state index is 10.1. The van der Waals surface area contributed by atoms with Crippen LogP contribution in [0.25, 0.3) is 0 Å². The Morgan fingerprint density at radius 3 is 2.69 bits per heavy atom. The molecule has 2 heteroatoms. The van der Waals surface area contributed by atoms with Crippen molar-refractivity contribution >= 4 is 6.08 Å². The van der Waals surface area contributed by atoms with Gasteiger partial charge in [-0.1, -0.05) is 36.4 Å². The summed E-state index contributed by atoms with van der Waals surface area (Å²) in [5.74, 6) is 0. The average Bonchev–Trinajstić information content (AvgIpc) is 2.19. The predicted molar refractivity (Wildman–Crippen MR) is 52.1 cm³/mol. The van der Waals surface area contributed by atoms with Crippen molar-refractivity contribution in [3.8, 4) is 0 Å². The summed E-state index contributed by atoms with van der Waals surface area (Å²) in [6.45, 7) is 3.62. The lowest BCUT2D eigenvalue weighted by Gasteiger charge is -2.06. The Bertz CT molecular complexity index is 312. The smallest absolute Gasteiger partial charge is 0.211 e. The molecule has 1 atom stereocenters. The molecule has 13 heavy (non-hydrogen) atoms. The van der Waals surface area contributed by atoms with Crippen molar-refractivity contribution in [2.75, 3.05) is 0 Å². The Morgan fingerprint density at radius 2 is 2.15 bits per heavy atom. The summed E-state index contributed by atoms with van der Waals surface area (Å²) in [5.41, 5.74) is 1.02. The van der Waals surface area contributed by atoms with E-state index in [0.29, 0.717) is 6.42 Å². The molecule has 0 N–H and O–H groups in total. The molecule has 0 heterocycles. The van der Waals surface area contributed by atoms with Crippen LogP contribution in [0.3, 0.4) is 0 Å². The third-order valence-electron chi connectivity index (χ3n) is 1.78. The Balaban J connectivity index is 2.87. The van der Waals surface area contributed by atoms with Crippen LogP contribution in [-0.2, 0) is 4.79 Å². The number of isocyanates is 1. The van der Waals surface area contributed by atoms with Crippen molar-refractivity contribution in [1.82, 2.24) is 0 Å². The van der Waals surface area contributed by atoms with Gasteiger partial charge in [-0.05, 0) is 12.0 Å². The highest BCUT2D eigenvalue weighted by molar-refractivity contribution is 5.35. The second-order valence-corrected chi connectivity index (χ2v) is 2.67. The SMILES string of the molecule is C=CCC(N=C=O)c1ccccc1. The molecule has 0 fully saturated rings. The van der Waals surface area contributed by atoms with E-state index >= 15 is 0 Å². The van der Waals surface area contributed by atoms with Gasteiger partial charge in [0.1, 0.15) is 0 Å². The Kier molecular flexibility index (Phi) is 3.68. The fraction of sp³-hybridized carbons (Fsp3) is 0.182. The minimum atomic E-state index is -0.129. The Morgan fingerprint density at radius 1 is 1.46 bits per heavy atom. The van der Waals surface area contributed by atoms with Gasteiger partial charge in [0.05, 0.1) is 6.04 Å². The third kappa shape index (κ3) is 2.69. The van der Waals surface area contributed by atoms with Crippen LogP contribution < -0.4 is 0 Å². The first-order chi connectivity index (χ1) is 6.38. The number of rotatable bonds is 4. The van der Waals surface area contributed by atoms with Crippen LogP contribution >= 0.6 is 0 Å². The monoisotopic (exact) mass is 173 g/mol. The van der Waals surface area contributed by atoms with Crippen molar-refractivity contribution in [2.24, 2.45) is 4.99 Å².